The molecule has 2 rings (SSSR count). The molecule has 1 heterocycles. The maximum absolute atomic E-state index is 11.5. The molecular formula is C15H24N2O2S. The molecule has 1 fully saturated rings. The van der Waals surface area contributed by atoms with E-state index in [9.17, 15) is 4.79 Å². The molecule has 1 saturated carbocycles. The van der Waals surface area contributed by atoms with Gasteiger partial charge in [-0.25, -0.2) is 4.99 Å². The van der Waals surface area contributed by atoms with Crippen molar-refractivity contribution >= 4 is 17.3 Å². The van der Waals surface area contributed by atoms with Crippen molar-refractivity contribution in [2.24, 2.45) is 4.99 Å². The van der Waals surface area contributed by atoms with Gasteiger partial charge in [-0.15, -0.1) is 11.3 Å². The highest BCUT2D eigenvalue weighted by molar-refractivity contribution is 7.09. The monoisotopic (exact) mass is 296 g/mol. The predicted octanol–water partition coefficient (Wildman–Crippen LogP) is 3.14. The number of aromatic nitrogens is 1. The molecule has 0 aromatic carbocycles. The van der Waals surface area contributed by atoms with Gasteiger partial charge in [0.2, 0.25) is 0 Å². The van der Waals surface area contributed by atoms with Gasteiger partial charge in [0, 0.05) is 16.6 Å². The van der Waals surface area contributed by atoms with Crippen LogP contribution in [0, 0.1) is 13.8 Å². The van der Waals surface area contributed by atoms with Crippen LogP contribution in [-0.4, -0.2) is 23.7 Å². The van der Waals surface area contributed by atoms with Crippen LogP contribution in [0.3, 0.4) is 0 Å². The Morgan fingerprint density at radius 3 is 2.70 bits per heavy atom. The molecule has 0 N–H and O–H groups in total. The van der Waals surface area contributed by atoms with Gasteiger partial charge in [0.25, 0.3) is 0 Å². The van der Waals surface area contributed by atoms with Gasteiger partial charge in [0.05, 0.1) is 6.61 Å². The Balaban J connectivity index is 2.25. The number of carbonyl (C=O) groups is 1. The number of carbonyl (C=O) groups excluding carboxylic acids is 1. The van der Waals surface area contributed by atoms with Crippen LogP contribution in [0.1, 0.15) is 55.6 Å². The van der Waals surface area contributed by atoms with Crippen molar-refractivity contribution < 1.29 is 9.53 Å². The van der Waals surface area contributed by atoms with Crippen LogP contribution in [-0.2, 0) is 9.53 Å². The molecule has 112 valence electrons. The molecule has 0 atom stereocenters. The van der Waals surface area contributed by atoms with Gasteiger partial charge in [0.15, 0.2) is 4.80 Å². The first-order valence-corrected chi connectivity index (χ1v) is 8.29. The highest BCUT2D eigenvalue weighted by Crippen LogP contribution is 2.29. The number of hydrogen-bond donors (Lipinski definition) is 0. The van der Waals surface area contributed by atoms with E-state index in [2.05, 4.69) is 23.4 Å². The van der Waals surface area contributed by atoms with Crippen LogP contribution in [0.2, 0.25) is 0 Å². The lowest BCUT2D eigenvalue weighted by Crippen LogP contribution is -2.25. The van der Waals surface area contributed by atoms with Crippen molar-refractivity contribution in [1.82, 2.24) is 4.57 Å². The fourth-order valence-electron chi connectivity index (χ4n) is 2.79. The summed E-state index contributed by atoms with van der Waals surface area (Å²) in [6, 6.07) is 0.551. The number of ether oxygens (including phenoxy) is 1. The number of aryl methyl sites for hydroxylation is 1. The molecule has 0 spiro atoms. The molecule has 0 bridgehead atoms. The molecule has 0 aliphatic heterocycles. The van der Waals surface area contributed by atoms with Crippen LogP contribution >= 0.6 is 11.3 Å². The number of esters is 1. The van der Waals surface area contributed by atoms with Crippen molar-refractivity contribution in [3.63, 3.8) is 0 Å². The molecule has 4 nitrogen and oxygen atoms in total. The van der Waals surface area contributed by atoms with E-state index in [0.717, 1.165) is 4.80 Å². The Bertz CT molecular complexity index is 524. The Hall–Kier alpha value is -1.10. The summed E-state index contributed by atoms with van der Waals surface area (Å²) in [5.74, 6) is -0.244. The summed E-state index contributed by atoms with van der Waals surface area (Å²) in [5.41, 5.74) is 1.30. The Morgan fingerprint density at radius 2 is 2.05 bits per heavy atom. The second kappa shape index (κ2) is 7.07. The van der Waals surface area contributed by atoms with E-state index in [1.807, 2.05) is 6.92 Å². The number of nitrogens with zero attached hydrogens (tertiary/aromatic N) is 2. The second-order valence-electron chi connectivity index (χ2n) is 5.31. The Kier molecular flexibility index (Phi) is 5.40. The van der Waals surface area contributed by atoms with Gasteiger partial charge in [-0.2, -0.15) is 0 Å². The van der Waals surface area contributed by atoms with Crippen molar-refractivity contribution in [3.8, 4) is 0 Å². The van der Waals surface area contributed by atoms with Crippen LogP contribution in [0.15, 0.2) is 4.99 Å². The zero-order chi connectivity index (χ0) is 14.5. The maximum Gasteiger partial charge on any atom is 0.327 e. The first kappa shape index (κ1) is 15.3. The second-order valence-corrected chi connectivity index (χ2v) is 6.49. The fraction of sp³-hybridized carbons (Fsp3) is 0.733. The molecule has 0 radical (unpaired) electrons. The van der Waals surface area contributed by atoms with Gasteiger partial charge in [-0.1, -0.05) is 19.3 Å². The first-order valence-electron chi connectivity index (χ1n) is 7.48. The van der Waals surface area contributed by atoms with Gasteiger partial charge >= 0.3 is 5.97 Å². The van der Waals surface area contributed by atoms with Crippen LogP contribution in [0.25, 0.3) is 0 Å². The van der Waals surface area contributed by atoms with Crippen molar-refractivity contribution in [2.45, 2.75) is 58.9 Å². The SMILES string of the molecule is CCOC(=O)CN=c1sc(C)c(C)n1C1CCCCC1. The number of rotatable bonds is 4. The molecule has 1 aliphatic rings. The maximum atomic E-state index is 11.5. The standard InChI is InChI=1S/C15H24N2O2S/c1-4-19-14(18)10-16-15-17(11(2)12(3)20-15)13-8-6-5-7-9-13/h13H,4-10H2,1-3H3. The number of hydrogen-bond acceptors (Lipinski definition) is 4. The third kappa shape index (κ3) is 3.51. The molecule has 0 saturated heterocycles. The summed E-state index contributed by atoms with van der Waals surface area (Å²) in [4.78, 5) is 18.2. The highest BCUT2D eigenvalue weighted by Gasteiger charge is 2.19. The minimum Gasteiger partial charge on any atom is -0.465 e. The third-order valence-corrected chi connectivity index (χ3v) is 5.02. The Morgan fingerprint density at radius 1 is 1.35 bits per heavy atom. The van der Waals surface area contributed by atoms with E-state index >= 15 is 0 Å². The van der Waals surface area contributed by atoms with Crippen LogP contribution in [0.5, 0.6) is 0 Å². The Labute approximate surface area is 124 Å². The van der Waals surface area contributed by atoms with Crippen molar-refractivity contribution in [3.05, 3.63) is 15.4 Å². The molecule has 1 aromatic rings. The normalized spacial score (nSPS) is 17.4. The quantitative estimate of drug-likeness (QED) is 0.801. The minimum absolute atomic E-state index is 0.125. The predicted molar refractivity (Wildman–Crippen MR) is 81.0 cm³/mol. The van der Waals surface area contributed by atoms with Crippen molar-refractivity contribution in [2.75, 3.05) is 13.2 Å². The first-order chi connectivity index (χ1) is 9.63. The summed E-state index contributed by atoms with van der Waals surface area (Å²) >= 11 is 1.68. The molecular weight excluding hydrogens is 272 g/mol. The molecule has 1 aliphatic carbocycles. The molecule has 0 amide bonds. The number of thiazole rings is 1. The zero-order valence-corrected chi connectivity index (χ0v) is 13.5. The molecule has 0 unspecified atom stereocenters. The average molecular weight is 296 g/mol. The van der Waals surface area contributed by atoms with Gasteiger partial charge < -0.3 is 9.30 Å². The van der Waals surface area contributed by atoms with E-state index in [0.29, 0.717) is 12.6 Å². The summed E-state index contributed by atoms with van der Waals surface area (Å²) in [6.45, 7) is 6.64. The third-order valence-electron chi connectivity index (χ3n) is 3.91. The summed E-state index contributed by atoms with van der Waals surface area (Å²) in [6.07, 6.45) is 6.38. The van der Waals surface area contributed by atoms with E-state index in [-0.39, 0.29) is 12.5 Å². The van der Waals surface area contributed by atoms with Crippen LogP contribution < -0.4 is 4.80 Å². The highest BCUT2D eigenvalue weighted by atomic mass is 32.1. The van der Waals surface area contributed by atoms with Gasteiger partial charge in [-0.05, 0) is 33.6 Å². The lowest BCUT2D eigenvalue weighted by atomic mass is 9.95. The largest absolute Gasteiger partial charge is 0.465 e. The lowest BCUT2D eigenvalue weighted by molar-refractivity contribution is -0.141. The summed E-state index contributed by atoms with van der Waals surface area (Å²) in [7, 11) is 0. The zero-order valence-electron chi connectivity index (χ0n) is 12.6. The molecule has 5 heteroatoms. The summed E-state index contributed by atoms with van der Waals surface area (Å²) in [5, 5.41) is 0. The van der Waals surface area contributed by atoms with E-state index in [4.69, 9.17) is 4.74 Å². The average Bonchev–Trinajstić information content (AvgIpc) is 2.73. The topological polar surface area (TPSA) is 43.6 Å². The van der Waals surface area contributed by atoms with E-state index in [1.54, 1.807) is 11.3 Å². The van der Waals surface area contributed by atoms with E-state index < -0.39 is 0 Å². The smallest absolute Gasteiger partial charge is 0.327 e. The fourth-order valence-corrected chi connectivity index (χ4v) is 3.82. The van der Waals surface area contributed by atoms with Crippen LogP contribution in [0.4, 0.5) is 0 Å². The van der Waals surface area contributed by atoms with Gasteiger partial charge in [-0.3, -0.25) is 4.79 Å². The van der Waals surface area contributed by atoms with E-state index in [1.165, 1.54) is 42.7 Å². The van der Waals surface area contributed by atoms with Gasteiger partial charge in [0.1, 0.15) is 6.54 Å². The summed E-state index contributed by atoms with van der Waals surface area (Å²) < 4.78 is 7.29. The minimum atomic E-state index is -0.244. The molecule has 20 heavy (non-hydrogen) atoms. The molecule has 1 aromatic heterocycles. The van der Waals surface area contributed by atoms with Crippen molar-refractivity contribution in [1.29, 1.82) is 0 Å². The lowest BCUT2D eigenvalue weighted by Gasteiger charge is -2.24.